The molecule has 61 heavy (non-hydrogen) atoms. The Morgan fingerprint density at radius 1 is 0.705 bits per heavy atom. The molecule has 0 unspecified atom stereocenters. The van der Waals surface area contributed by atoms with Gasteiger partial charge in [-0.3, -0.25) is 25.2 Å². The van der Waals surface area contributed by atoms with Gasteiger partial charge in [-0.1, -0.05) is 49.2 Å². The molecular weight excluding hydrogens is 827 g/mol. The van der Waals surface area contributed by atoms with E-state index in [0.717, 1.165) is 0 Å². The van der Waals surface area contributed by atoms with Crippen LogP contribution in [-0.2, 0) is 22.4 Å². The van der Waals surface area contributed by atoms with Gasteiger partial charge in [0.25, 0.3) is 11.8 Å². The number of amides is 3. The van der Waals surface area contributed by atoms with E-state index in [1.165, 1.54) is 62.4 Å². The minimum atomic E-state index is -1.15. The second-order valence-corrected chi connectivity index (χ2v) is 13.3. The maximum atomic E-state index is 12.6. The average molecular weight is 872 g/mol. The molecule has 4 aromatic rings. The van der Waals surface area contributed by atoms with Crippen LogP contribution >= 0.6 is 23.2 Å². The lowest BCUT2D eigenvalue weighted by Gasteiger charge is -2.24. The number of carboxylic acids is 1. The number of nitrogens with zero attached hydrogens (tertiary/aromatic N) is 4. The first-order valence-corrected chi connectivity index (χ1v) is 18.6. The molecule has 318 valence electrons. The van der Waals surface area contributed by atoms with E-state index in [9.17, 15) is 29.4 Å². The quantitative estimate of drug-likeness (QED) is 0.0547. The smallest absolute Gasteiger partial charge is 0.328 e. The van der Waals surface area contributed by atoms with Gasteiger partial charge in [0.15, 0.2) is 6.04 Å². The number of aliphatic carboxylic acids is 1. The van der Waals surface area contributed by atoms with Crippen molar-refractivity contribution in [2.24, 2.45) is 5.73 Å². The summed E-state index contributed by atoms with van der Waals surface area (Å²) >= 11 is 12.3. The number of rotatable bonds is 12. The van der Waals surface area contributed by atoms with Gasteiger partial charge in [0.05, 0.1) is 58.7 Å². The third-order valence-electron chi connectivity index (χ3n) is 8.40. The average Bonchev–Trinajstić information content (AvgIpc) is 3.23. The Hall–Kier alpha value is -7.22. The second-order valence-electron chi connectivity index (χ2n) is 12.5. The summed E-state index contributed by atoms with van der Waals surface area (Å²) in [4.78, 5) is 53.0. The number of carbonyl (C=O) groups excluding carboxylic acids is 3. The molecule has 0 aliphatic heterocycles. The lowest BCUT2D eigenvalue weighted by atomic mass is 10.1. The van der Waals surface area contributed by atoms with Gasteiger partial charge >= 0.3 is 5.97 Å². The van der Waals surface area contributed by atoms with E-state index in [1.54, 1.807) is 24.3 Å². The number of aliphatic hydroxyl groups is 2. The van der Waals surface area contributed by atoms with Gasteiger partial charge in [0.2, 0.25) is 17.3 Å². The number of anilines is 2. The topological polar surface area (TPSA) is 294 Å². The Morgan fingerprint density at radius 3 is 1.43 bits per heavy atom. The summed E-state index contributed by atoms with van der Waals surface area (Å²) in [6, 6.07) is 20.0. The Bertz CT molecular complexity index is 2350. The number of hydrogen-bond acceptors (Lipinski definition) is 11. The highest BCUT2D eigenvalue weighted by molar-refractivity contribution is 6.35. The molecule has 0 bridgehead atoms. The third kappa shape index (κ3) is 14.8. The van der Waals surface area contributed by atoms with Crippen molar-refractivity contribution in [1.82, 2.24) is 17.0 Å². The fourth-order valence-corrected chi connectivity index (χ4v) is 5.84. The molecule has 17 nitrogen and oxygen atoms in total. The van der Waals surface area contributed by atoms with Crippen molar-refractivity contribution >= 4 is 69.6 Å². The summed E-state index contributed by atoms with van der Waals surface area (Å²) in [5.74, 6) is -2.87. The van der Waals surface area contributed by atoms with Crippen LogP contribution in [0.2, 0.25) is 10.0 Å². The molecular formula is C42H44Cl2N10O7. The van der Waals surface area contributed by atoms with Crippen LogP contribution in [0.4, 0.5) is 22.7 Å². The van der Waals surface area contributed by atoms with Crippen LogP contribution < -0.4 is 33.4 Å². The summed E-state index contributed by atoms with van der Waals surface area (Å²) in [6.45, 7) is 20.7. The summed E-state index contributed by atoms with van der Waals surface area (Å²) in [5.41, 5.74) is 14.1. The number of carbonyl (C=O) groups is 4. The first-order valence-electron chi connectivity index (χ1n) is 17.9. The zero-order valence-corrected chi connectivity index (χ0v) is 35.0. The van der Waals surface area contributed by atoms with Crippen LogP contribution in [0.1, 0.15) is 70.7 Å². The molecule has 4 aromatic carbocycles. The molecule has 0 aliphatic carbocycles. The van der Waals surface area contributed by atoms with Crippen molar-refractivity contribution < 1.29 is 34.5 Å². The number of benzene rings is 4. The van der Waals surface area contributed by atoms with Crippen LogP contribution in [0.5, 0.6) is 0 Å². The molecule has 3 amide bonds. The van der Waals surface area contributed by atoms with Crippen molar-refractivity contribution in [2.45, 2.75) is 64.8 Å². The fraction of sp³-hybridized carbons (Fsp3) is 0.238. The number of nitrogens with one attached hydrogen (secondary N) is 4. The summed E-state index contributed by atoms with van der Waals surface area (Å²) in [5, 5.41) is 52.0. The Labute approximate surface area is 362 Å². The van der Waals surface area contributed by atoms with E-state index in [4.69, 9.17) is 57.7 Å². The summed E-state index contributed by atoms with van der Waals surface area (Å²) in [6.07, 6.45) is -1.09. The van der Waals surface area contributed by atoms with E-state index >= 15 is 0 Å². The number of aliphatic hydroxyl groups excluding tert-OH is 2. The van der Waals surface area contributed by atoms with Crippen molar-refractivity contribution in [3.05, 3.63) is 139 Å². The predicted octanol–water partition coefficient (Wildman–Crippen LogP) is 6.47. The molecule has 0 radical (unpaired) electrons. The molecule has 0 heterocycles. The monoisotopic (exact) mass is 870 g/mol. The highest BCUT2D eigenvalue weighted by Gasteiger charge is 2.26. The van der Waals surface area contributed by atoms with Gasteiger partial charge in [-0.05, 0) is 98.5 Å². The second kappa shape index (κ2) is 25.3. The molecule has 0 saturated carbocycles. The zero-order valence-electron chi connectivity index (χ0n) is 33.5. The van der Waals surface area contributed by atoms with Crippen LogP contribution in [0.25, 0.3) is 9.69 Å². The lowest BCUT2D eigenvalue weighted by molar-refractivity contribution is -0.140. The Morgan fingerprint density at radius 2 is 1.10 bits per heavy atom. The largest absolute Gasteiger partial charge is 0.480 e. The van der Waals surface area contributed by atoms with Gasteiger partial charge < -0.3 is 37.8 Å². The first kappa shape index (κ1) is 51.8. The third-order valence-corrected chi connectivity index (χ3v) is 9.25. The van der Waals surface area contributed by atoms with Gasteiger partial charge in [0.1, 0.15) is 6.04 Å². The van der Waals surface area contributed by atoms with Crippen molar-refractivity contribution in [1.29, 1.82) is 10.5 Å². The zero-order chi connectivity index (χ0) is 45.1. The van der Waals surface area contributed by atoms with Crippen LogP contribution in [0, 0.1) is 35.8 Å². The number of hydrogen-bond donors (Lipinski definition) is 9. The number of nitrogens with two attached hydrogens (primary N) is 1. The van der Waals surface area contributed by atoms with Crippen LogP contribution in [0.3, 0.4) is 0 Å². The van der Waals surface area contributed by atoms with Crippen molar-refractivity contribution in [2.75, 3.05) is 10.6 Å². The predicted molar refractivity (Wildman–Crippen MR) is 231 cm³/mol. The molecule has 0 aliphatic rings. The Kier molecular flexibility index (Phi) is 21.5. The van der Waals surface area contributed by atoms with Gasteiger partial charge in [-0.2, -0.15) is 10.5 Å². The van der Waals surface area contributed by atoms with E-state index in [-0.39, 0.29) is 16.7 Å². The minimum Gasteiger partial charge on any atom is -0.480 e. The fourth-order valence-electron chi connectivity index (χ4n) is 5.15. The van der Waals surface area contributed by atoms with Crippen LogP contribution in [0.15, 0.2) is 72.8 Å². The van der Waals surface area contributed by atoms with E-state index in [1.807, 2.05) is 26.0 Å². The lowest BCUT2D eigenvalue weighted by Crippen LogP contribution is -2.52. The Balaban J connectivity index is 0.000000510. The molecule has 19 heteroatoms. The number of primary amides is 1. The van der Waals surface area contributed by atoms with Gasteiger partial charge in [0, 0.05) is 22.5 Å². The highest BCUT2D eigenvalue weighted by Crippen LogP contribution is 2.36. The number of carboxylic acid groups (broad SMARTS) is 1. The van der Waals surface area contributed by atoms with Crippen molar-refractivity contribution in [3.8, 4) is 12.1 Å². The summed E-state index contributed by atoms with van der Waals surface area (Å²) in [7, 11) is 0. The summed E-state index contributed by atoms with van der Waals surface area (Å²) < 4.78 is 0. The van der Waals surface area contributed by atoms with E-state index in [0.29, 0.717) is 68.4 Å². The number of nitriles is 2. The van der Waals surface area contributed by atoms with Crippen LogP contribution in [-0.4, -0.2) is 63.3 Å². The molecule has 4 rings (SSSR count). The molecule has 4 atom stereocenters. The molecule has 0 saturated heterocycles. The van der Waals surface area contributed by atoms with Gasteiger partial charge in [-0.15, -0.1) is 0 Å². The minimum absolute atomic E-state index is 0. The van der Waals surface area contributed by atoms with Crippen molar-refractivity contribution in [3.63, 3.8) is 0 Å². The van der Waals surface area contributed by atoms with E-state index < -0.39 is 48.0 Å². The molecule has 0 aromatic heterocycles. The highest BCUT2D eigenvalue weighted by atomic mass is 35.5. The van der Waals surface area contributed by atoms with Gasteiger partial charge in [-0.25, -0.2) is 14.5 Å². The SMILES string of the molecule is N.N#Cc1ccc(C(N)=O)cc1.[C-]#[N+]c1ccc(N[C@@H](C(=O)NNC(=O)c2ccc(C#N)cc2)[C@H](C)O)c(CC)c1Cl.[C-]#[N+]c1ccc(N[C@@H](C(=O)O)[C@H](C)O)c(CC)c1Cl. The normalized spacial score (nSPS) is 11.7. The number of hydrazine groups is 1. The maximum Gasteiger partial charge on any atom is 0.328 e. The maximum absolute atomic E-state index is 12.6. The molecule has 0 spiro atoms. The first-order chi connectivity index (χ1) is 28.5. The standard InChI is InChI=1S/C21H20ClN5O3.C13H15ClN2O3.C8H6N2O.H3N/c1-4-15-16(9-10-17(24-3)18(15)22)25-19(12(2)28)21(30)27-26-20(29)14-7-5-13(11-23)6-8-14;1-4-8-9(5-6-10(15-3)11(8)14)16-12(7(2)17)13(18)19;9-5-6-1-3-7(4-2-6)8(10)11;/h5-10,12,19,25,28H,4H2,1-2H3,(H,26,29)(H,27,30);5-7,12,16-17H,4H2,1-2H3,(H,18,19);1-4H,(H2,10,11);1H3/t12-,19+;7-,12+;;/m00../s1. The molecule has 12 N–H and O–H groups in total. The number of halogens is 2. The van der Waals surface area contributed by atoms with E-state index in [2.05, 4.69) is 31.2 Å². The molecule has 0 fully saturated rings.